The maximum Gasteiger partial charge on any atom is 0.243 e. The van der Waals surface area contributed by atoms with Gasteiger partial charge in [0.05, 0.1) is 4.90 Å². The molecule has 2 heterocycles. The van der Waals surface area contributed by atoms with Gasteiger partial charge in [-0.05, 0) is 79.5 Å². The maximum absolute atomic E-state index is 13.2. The Morgan fingerprint density at radius 1 is 0.969 bits per heavy atom. The molecule has 1 fully saturated rings. The standard InChI is InChI=1S/C24H28N2O5S/c27-24(25-15-17-5-8-22-23(13-17)31-16-30-22)19-9-11-26(12-10-19)32(28,29)21-7-6-18-3-1-2-4-20(18)14-21/h5-8,13-14,19H,1-4,9-12,15-16H2,(H,25,27). The average molecular weight is 457 g/mol. The Bertz CT molecular complexity index is 1120. The quantitative estimate of drug-likeness (QED) is 0.748. The molecule has 170 valence electrons. The number of nitrogens with zero attached hydrogens (tertiary/aromatic N) is 1. The second-order valence-electron chi connectivity index (χ2n) is 8.72. The predicted molar refractivity (Wildman–Crippen MR) is 119 cm³/mol. The zero-order valence-corrected chi connectivity index (χ0v) is 18.8. The largest absolute Gasteiger partial charge is 0.454 e. The molecule has 2 aliphatic heterocycles. The number of sulfonamides is 1. The molecule has 0 spiro atoms. The van der Waals surface area contributed by atoms with E-state index in [1.807, 2.05) is 30.3 Å². The summed E-state index contributed by atoms with van der Waals surface area (Å²) in [6.45, 7) is 1.35. The molecule has 0 aromatic heterocycles. The highest BCUT2D eigenvalue weighted by Gasteiger charge is 2.32. The zero-order chi connectivity index (χ0) is 22.1. The van der Waals surface area contributed by atoms with Crippen LogP contribution in [0.25, 0.3) is 0 Å². The Balaban J connectivity index is 1.17. The number of benzene rings is 2. The van der Waals surface area contributed by atoms with Crippen LogP contribution in [0.1, 0.15) is 42.4 Å². The Kier molecular flexibility index (Phi) is 5.82. The van der Waals surface area contributed by atoms with Gasteiger partial charge in [-0.1, -0.05) is 12.1 Å². The molecule has 2 aromatic carbocycles. The number of nitrogens with one attached hydrogen (secondary N) is 1. The highest BCUT2D eigenvalue weighted by molar-refractivity contribution is 7.89. The summed E-state index contributed by atoms with van der Waals surface area (Å²) in [4.78, 5) is 13.0. The van der Waals surface area contributed by atoms with E-state index in [1.54, 1.807) is 6.07 Å². The summed E-state index contributed by atoms with van der Waals surface area (Å²) in [5, 5.41) is 2.98. The van der Waals surface area contributed by atoms with Crippen LogP contribution >= 0.6 is 0 Å². The van der Waals surface area contributed by atoms with E-state index in [2.05, 4.69) is 5.32 Å². The third-order valence-corrected chi connectivity index (χ3v) is 8.58. The van der Waals surface area contributed by atoms with Crippen LogP contribution in [0.15, 0.2) is 41.3 Å². The number of fused-ring (bicyclic) bond motifs is 2. The first-order valence-corrected chi connectivity index (χ1v) is 12.7. The summed E-state index contributed by atoms with van der Waals surface area (Å²) in [5.41, 5.74) is 3.37. The molecule has 0 bridgehead atoms. The third-order valence-electron chi connectivity index (χ3n) is 6.69. The van der Waals surface area contributed by atoms with Crippen molar-refractivity contribution in [3.8, 4) is 11.5 Å². The highest BCUT2D eigenvalue weighted by Crippen LogP contribution is 2.32. The number of hydrogen-bond acceptors (Lipinski definition) is 5. The molecule has 1 aliphatic carbocycles. The number of rotatable bonds is 5. The maximum atomic E-state index is 13.2. The van der Waals surface area contributed by atoms with Gasteiger partial charge in [-0.25, -0.2) is 8.42 Å². The van der Waals surface area contributed by atoms with Gasteiger partial charge in [0.25, 0.3) is 0 Å². The number of carbonyl (C=O) groups is 1. The van der Waals surface area contributed by atoms with E-state index in [0.717, 1.165) is 30.4 Å². The van der Waals surface area contributed by atoms with E-state index in [9.17, 15) is 13.2 Å². The van der Waals surface area contributed by atoms with Crippen molar-refractivity contribution < 1.29 is 22.7 Å². The lowest BCUT2D eigenvalue weighted by atomic mass is 9.92. The molecule has 8 heteroatoms. The van der Waals surface area contributed by atoms with Crippen LogP contribution in [0.5, 0.6) is 11.5 Å². The smallest absolute Gasteiger partial charge is 0.243 e. The fourth-order valence-electron chi connectivity index (χ4n) is 4.76. The van der Waals surface area contributed by atoms with Crippen molar-refractivity contribution in [2.45, 2.75) is 50.0 Å². The molecule has 1 N–H and O–H groups in total. The molecule has 3 aliphatic rings. The highest BCUT2D eigenvalue weighted by atomic mass is 32.2. The molecule has 0 saturated carbocycles. The van der Waals surface area contributed by atoms with Gasteiger partial charge in [0.2, 0.25) is 22.7 Å². The van der Waals surface area contributed by atoms with Crippen LogP contribution < -0.4 is 14.8 Å². The van der Waals surface area contributed by atoms with Gasteiger partial charge in [0.1, 0.15) is 0 Å². The van der Waals surface area contributed by atoms with Crippen molar-refractivity contribution >= 4 is 15.9 Å². The summed E-state index contributed by atoms with van der Waals surface area (Å²) in [6, 6.07) is 11.2. The summed E-state index contributed by atoms with van der Waals surface area (Å²) in [5.74, 6) is 1.19. The molecular weight excluding hydrogens is 428 g/mol. The van der Waals surface area contributed by atoms with E-state index in [0.29, 0.717) is 48.9 Å². The fraction of sp³-hybridized carbons (Fsp3) is 0.458. The van der Waals surface area contributed by atoms with Crippen LogP contribution in [0.4, 0.5) is 0 Å². The van der Waals surface area contributed by atoms with Gasteiger partial charge < -0.3 is 14.8 Å². The van der Waals surface area contributed by atoms with Gasteiger partial charge >= 0.3 is 0 Å². The normalized spacial score (nSPS) is 18.9. The Morgan fingerprint density at radius 3 is 2.53 bits per heavy atom. The average Bonchev–Trinajstić information content (AvgIpc) is 3.30. The van der Waals surface area contributed by atoms with Crippen LogP contribution in [-0.2, 0) is 34.2 Å². The van der Waals surface area contributed by atoms with E-state index < -0.39 is 10.0 Å². The minimum Gasteiger partial charge on any atom is -0.454 e. The molecule has 1 amide bonds. The minimum atomic E-state index is -3.53. The first-order valence-electron chi connectivity index (χ1n) is 11.3. The van der Waals surface area contributed by atoms with Gasteiger partial charge in [0, 0.05) is 25.6 Å². The number of ether oxygens (including phenoxy) is 2. The third kappa shape index (κ3) is 4.21. The van der Waals surface area contributed by atoms with Crippen molar-refractivity contribution in [1.82, 2.24) is 9.62 Å². The monoisotopic (exact) mass is 456 g/mol. The topological polar surface area (TPSA) is 84.9 Å². The van der Waals surface area contributed by atoms with Crippen molar-refractivity contribution in [2.24, 2.45) is 5.92 Å². The van der Waals surface area contributed by atoms with Crippen molar-refractivity contribution in [3.63, 3.8) is 0 Å². The van der Waals surface area contributed by atoms with Gasteiger partial charge in [-0.2, -0.15) is 4.31 Å². The lowest BCUT2D eigenvalue weighted by Crippen LogP contribution is -2.42. The van der Waals surface area contributed by atoms with E-state index >= 15 is 0 Å². The molecule has 2 aromatic rings. The molecule has 7 nitrogen and oxygen atoms in total. The molecule has 1 saturated heterocycles. The van der Waals surface area contributed by atoms with Crippen molar-refractivity contribution in [1.29, 1.82) is 0 Å². The zero-order valence-electron chi connectivity index (χ0n) is 18.0. The molecule has 0 radical (unpaired) electrons. The van der Waals surface area contributed by atoms with Crippen molar-refractivity contribution in [2.75, 3.05) is 19.9 Å². The Hall–Kier alpha value is -2.58. The molecule has 32 heavy (non-hydrogen) atoms. The van der Waals surface area contributed by atoms with Crippen molar-refractivity contribution in [3.05, 3.63) is 53.1 Å². The summed E-state index contributed by atoms with van der Waals surface area (Å²) < 4.78 is 38.5. The lowest BCUT2D eigenvalue weighted by molar-refractivity contribution is -0.126. The number of carbonyl (C=O) groups excluding carboxylic acids is 1. The van der Waals surface area contributed by atoms with E-state index in [4.69, 9.17) is 9.47 Å². The van der Waals surface area contributed by atoms with Crippen LogP contribution in [0.3, 0.4) is 0 Å². The van der Waals surface area contributed by atoms with Gasteiger partial charge in [-0.15, -0.1) is 0 Å². The van der Waals surface area contributed by atoms with Gasteiger partial charge in [0.15, 0.2) is 11.5 Å². The summed E-state index contributed by atoms with van der Waals surface area (Å²) >= 11 is 0. The Labute approximate surface area is 188 Å². The summed E-state index contributed by atoms with van der Waals surface area (Å²) in [7, 11) is -3.53. The van der Waals surface area contributed by atoms with E-state index in [-0.39, 0.29) is 18.6 Å². The molecular formula is C24H28N2O5S. The molecule has 0 unspecified atom stereocenters. The Morgan fingerprint density at radius 2 is 1.72 bits per heavy atom. The molecule has 0 atom stereocenters. The second kappa shape index (κ2) is 8.75. The fourth-order valence-corrected chi connectivity index (χ4v) is 6.28. The number of piperidine rings is 1. The second-order valence-corrected chi connectivity index (χ2v) is 10.7. The van der Waals surface area contributed by atoms with Crippen LogP contribution in [0, 0.1) is 5.92 Å². The number of aryl methyl sites for hydroxylation is 2. The van der Waals surface area contributed by atoms with Gasteiger partial charge in [-0.3, -0.25) is 4.79 Å². The lowest BCUT2D eigenvalue weighted by Gasteiger charge is -2.31. The summed E-state index contributed by atoms with van der Waals surface area (Å²) in [6.07, 6.45) is 5.31. The van der Waals surface area contributed by atoms with Crippen LogP contribution in [0.2, 0.25) is 0 Å². The predicted octanol–water partition coefficient (Wildman–Crippen LogP) is 3.01. The minimum absolute atomic E-state index is 0.0338. The number of hydrogen-bond donors (Lipinski definition) is 1. The van der Waals surface area contributed by atoms with E-state index in [1.165, 1.54) is 16.3 Å². The number of amides is 1. The SMILES string of the molecule is O=C(NCc1ccc2c(c1)OCO2)C1CCN(S(=O)(=O)c2ccc3c(c2)CCCC3)CC1. The molecule has 5 rings (SSSR count). The van der Waals surface area contributed by atoms with Crippen LogP contribution in [-0.4, -0.2) is 38.5 Å². The first-order chi connectivity index (χ1) is 15.5. The first kappa shape index (κ1) is 21.3.